The summed E-state index contributed by atoms with van der Waals surface area (Å²) < 4.78 is 0. The molecule has 0 saturated carbocycles. The largest absolute Gasteiger partial charge is 0.396 e. The van der Waals surface area contributed by atoms with Gasteiger partial charge >= 0.3 is 6.03 Å². The first-order valence-electron chi connectivity index (χ1n) is 9.97. The first-order valence-corrected chi connectivity index (χ1v) is 9.97. The van der Waals surface area contributed by atoms with Crippen molar-refractivity contribution in [3.63, 3.8) is 0 Å². The maximum absolute atomic E-state index is 12.6. The number of nitrogens with one attached hydrogen (secondary N) is 1. The van der Waals surface area contributed by atoms with E-state index in [-0.39, 0.29) is 12.6 Å². The molecule has 2 saturated heterocycles. The van der Waals surface area contributed by atoms with Crippen molar-refractivity contribution >= 4 is 6.03 Å². The van der Waals surface area contributed by atoms with E-state index in [1.807, 2.05) is 4.90 Å². The van der Waals surface area contributed by atoms with E-state index < -0.39 is 0 Å². The van der Waals surface area contributed by atoms with Gasteiger partial charge in [-0.3, -0.25) is 4.90 Å². The Morgan fingerprint density at radius 3 is 2.54 bits per heavy atom. The number of carbonyl (C=O) groups is 1. The fourth-order valence-corrected chi connectivity index (χ4v) is 4.20. The van der Waals surface area contributed by atoms with E-state index in [2.05, 4.69) is 24.1 Å². The molecule has 2 aliphatic heterocycles. The number of hydrogen-bond donors (Lipinski definition) is 2. The monoisotopic (exact) mass is 339 g/mol. The first-order chi connectivity index (χ1) is 11.6. The highest BCUT2D eigenvalue weighted by Crippen LogP contribution is 2.20. The fraction of sp³-hybridized carbons (Fsp3) is 0.947. The molecule has 0 aromatic rings. The minimum atomic E-state index is 0.0905. The van der Waals surface area contributed by atoms with Gasteiger partial charge in [0, 0.05) is 32.3 Å². The molecule has 2 amide bonds. The van der Waals surface area contributed by atoms with Crippen molar-refractivity contribution < 1.29 is 9.90 Å². The second-order valence-corrected chi connectivity index (χ2v) is 8.03. The van der Waals surface area contributed by atoms with Crippen LogP contribution in [-0.2, 0) is 0 Å². The molecule has 0 radical (unpaired) electrons. The second-order valence-electron chi connectivity index (χ2n) is 8.03. The lowest BCUT2D eigenvalue weighted by atomic mass is 9.94. The highest BCUT2D eigenvalue weighted by molar-refractivity contribution is 5.74. The summed E-state index contributed by atoms with van der Waals surface area (Å²) >= 11 is 0. The van der Waals surface area contributed by atoms with Crippen LogP contribution in [0, 0.1) is 11.8 Å². The topological polar surface area (TPSA) is 55.8 Å². The van der Waals surface area contributed by atoms with Crippen LogP contribution < -0.4 is 5.32 Å². The number of urea groups is 1. The van der Waals surface area contributed by atoms with Crippen LogP contribution in [0.4, 0.5) is 4.79 Å². The van der Waals surface area contributed by atoms with Crippen LogP contribution in [-0.4, -0.2) is 66.3 Å². The quantitative estimate of drug-likeness (QED) is 0.750. The van der Waals surface area contributed by atoms with Crippen molar-refractivity contribution in [3.8, 4) is 0 Å². The lowest BCUT2D eigenvalue weighted by Crippen LogP contribution is -2.48. The number of likely N-dealkylation sites (tertiary alicyclic amines) is 2. The molecular weight excluding hydrogens is 302 g/mol. The number of hydrogen-bond acceptors (Lipinski definition) is 3. The minimum Gasteiger partial charge on any atom is -0.396 e. The van der Waals surface area contributed by atoms with Crippen LogP contribution in [0.2, 0.25) is 0 Å². The molecular formula is C19H37N3O2. The molecule has 2 N–H and O–H groups in total. The number of aliphatic hydroxyl groups excluding tert-OH is 1. The lowest BCUT2D eigenvalue weighted by Gasteiger charge is -2.31. The van der Waals surface area contributed by atoms with Crippen LogP contribution in [0.3, 0.4) is 0 Å². The van der Waals surface area contributed by atoms with E-state index in [0.717, 1.165) is 32.4 Å². The Labute approximate surface area is 147 Å². The Morgan fingerprint density at radius 1 is 1.17 bits per heavy atom. The summed E-state index contributed by atoms with van der Waals surface area (Å²) in [7, 11) is 0. The van der Waals surface area contributed by atoms with Gasteiger partial charge in [-0.1, -0.05) is 20.3 Å². The Morgan fingerprint density at radius 2 is 1.88 bits per heavy atom. The van der Waals surface area contributed by atoms with Crippen LogP contribution in [0.1, 0.15) is 58.8 Å². The summed E-state index contributed by atoms with van der Waals surface area (Å²) in [6.45, 7) is 9.44. The van der Waals surface area contributed by atoms with Gasteiger partial charge < -0.3 is 15.3 Å². The Kier molecular flexibility index (Phi) is 8.33. The number of rotatable bonds is 7. The molecule has 5 heteroatoms. The molecule has 2 aliphatic rings. The summed E-state index contributed by atoms with van der Waals surface area (Å²) in [6, 6.07) is 0.637. The normalized spacial score (nSPS) is 24.2. The SMILES string of the molecule is CC(C)CC(CCO)CNC(=O)N1CCCCC(N2CCCC2)C1. The van der Waals surface area contributed by atoms with E-state index in [1.54, 1.807) is 0 Å². The third kappa shape index (κ3) is 6.25. The summed E-state index contributed by atoms with van der Waals surface area (Å²) in [5.74, 6) is 0.969. The van der Waals surface area contributed by atoms with Crippen molar-refractivity contribution in [1.82, 2.24) is 15.1 Å². The number of nitrogens with zero attached hydrogens (tertiary/aromatic N) is 2. The van der Waals surface area contributed by atoms with Gasteiger partial charge in [-0.15, -0.1) is 0 Å². The molecule has 24 heavy (non-hydrogen) atoms. The van der Waals surface area contributed by atoms with Gasteiger partial charge in [-0.2, -0.15) is 0 Å². The predicted molar refractivity (Wildman–Crippen MR) is 98.1 cm³/mol. The molecule has 0 aliphatic carbocycles. The number of aliphatic hydroxyl groups is 1. The van der Waals surface area contributed by atoms with E-state index in [9.17, 15) is 9.90 Å². The van der Waals surface area contributed by atoms with E-state index in [1.165, 1.54) is 38.8 Å². The molecule has 5 nitrogen and oxygen atoms in total. The van der Waals surface area contributed by atoms with Gasteiger partial charge in [-0.25, -0.2) is 4.79 Å². The van der Waals surface area contributed by atoms with Crippen molar-refractivity contribution in [2.24, 2.45) is 11.8 Å². The van der Waals surface area contributed by atoms with Crippen LogP contribution >= 0.6 is 0 Å². The molecule has 2 atom stereocenters. The molecule has 0 aromatic carbocycles. The van der Waals surface area contributed by atoms with Crippen molar-refractivity contribution in [2.45, 2.75) is 64.8 Å². The van der Waals surface area contributed by atoms with Gasteiger partial charge in [0.25, 0.3) is 0 Å². The average Bonchev–Trinajstić information content (AvgIpc) is 2.96. The summed E-state index contributed by atoms with van der Waals surface area (Å²) in [4.78, 5) is 17.3. The molecule has 2 unspecified atom stereocenters. The van der Waals surface area contributed by atoms with Gasteiger partial charge in [0.2, 0.25) is 0 Å². The van der Waals surface area contributed by atoms with Gasteiger partial charge in [0.05, 0.1) is 0 Å². The first kappa shape index (κ1) is 19.5. The minimum absolute atomic E-state index is 0.0905. The highest BCUT2D eigenvalue weighted by Gasteiger charge is 2.28. The summed E-state index contributed by atoms with van der Waals surface area (Å²) in [5, 5.41) is 12.4. The van der Waals surface area contributed by atoms with Gasteiger partial charge in [-0.05, 0) is 63.5 Å². The zero-order chi connectivity index (χ0) is 17.4. The Balaban J connectivity index is 1.82. The molecule has 2 fully saturated rings. The van der Waals surface area contributed by atoms with Crippen molar-refractivity contribution in [1.29, 1.82) is 0 Å². The maximum atomic E-state index is 12.6. The summed E-state index contributed by atoms with van der Waals surface area (Å²) in [5.41, 5.74) is 0. The standard InChI is InChI=1S/C19H37N3O2/c1-16(2)13-17(8-12-23)14-20-19(24)22-11-4-3-7-18(15-22)21-9-5-6-10-21/h16-18,23H,3-15H2,1-2H3,(H,20,24). The zero-order valence-electron chi connectivity index (χ0n) is 15.7. The third-order valence-electron chi connectivity index (χ3n) is 5.47. The molecule has 0 spiro atoms. The number of amides is 2. The fourth-order valence-electron chi connectivity index (χ4n) is 4.20. The third-order valence-corrected chi connectivity index (χ3v) is 5.47. The molecule has 2 rings (SSSR count). The van der Waals surface area contributed by atoms with Gasteiger partial charge in [0.1, 0.15) is 0 Å². The van der Waals surface area contributed by atoms with E-state index in [4.69, 9.17) is 0 Å². The second kappa shape index (κ2) is 10.2. The van der Waals surface area contributed by atoms with Gasteiger partial charge in [0.15, 0.2) is 0 Å². The zero-order valence-corrected chi connectivity index (χ0v) is 15.7. The Bertz CT molecular complexity index is 370. The number of carbonyl (C=O) groups excluding carboxylic acids is 1. The smallest absolute Gasteiger partial charge is 0.317 e. The van der Waals surface area contributed by atoms with E-state index >= 15 is 0 Å². The Hall–Kier alpha value is -0.810. The molecule has 0 bridgehead atoms. The average molecular weight is 340 g/mol. The molecule has 140 valence electrons. The lowest BCUT2D eigenvalue weighted by molar-refractivity contribution is 0.163. The highest BCUT2D eigenvalue weighted by atomic mass is 16.3. The summed E-state index contributed by atoms with van der Waals surface area (Å²) in [6.07, 6.45) is 8.01. The molecule has 2 heterocycles. The maximum Gasteiger partial charge on any atom is 0.317 e. The van der Waals surface area contributed by atoms with Crippen LogP contribution in [0.15, 0.2) is 0 Å². The predicted octanol–water partition coefficient (Wildman–Crippen LogP) is 2.69. The van der Waals surface area contributed by atoms with Crippen LogP contribution in [0.5, 0.6) is 0 Å². The van der Waals surface area contributed by atoms with Crippen molar-refractivity contribution in [3.05, 3.63) is 0 Å². The van der Waals surface area contributed by atoms with Crippen molar-refractivity contribution in [2.75, 3.05) is 39.3 Å². The molecule has 0 aromatic heterocycles. The van der Waals surface area contributed by atoms with Crippen LogP contribution in [0.25, 0.3) is 0 Å². The van der Waals surface area contributed by atoms with E-state index in [0.29, 0.717) is 24.4 Å².